The molecule has 7 heteroatoms. The molecule has 1 amide bonds. The second kappa shape index (κ2) is 8.47. The molecule has 7 nitrogen and oxygen atoms in total. The Morgan fingerprint density at radius 3 is 2.46 bits per heavy atom. The zero-order chi connectivity index (χ0) is 19.5. The first-order valence-corrected chi connectivity index (χ1v) is 10.6. The summed E-state index contributed by atoms with van der Waals surface area (Å²) < 4.78 is 7.61. The Morgan fingerprint density at radius 1 is 1.11 bits per heavy atom. The molecule has 28 heavy (non-hydrogen) atoms. The molecule has 2 aliphatic heterocycles. The highest BCUT2D eigenvalue weighted by Gasteiger charge is 2.28. The van der Waals surface area contributed by atoms with Crippen molar-refractivity contribution in [3.8, 4) is 0 Å². The van der Waals surface area contributed by atoms with Crippen LogP contribution >= 0.6 is 0 Å². The monoisotopic (exact) mass is 385 g/mol. The Balaban J connectivity index is 1.32. The third-order valence-electron chi connectivity index (χ3n) is 6.00. The van der Waals surface area contributed by atoms with Gasteiger partial charge in [-0.3, -0.25) is 9.69 Å². The van der Waals surface area contributed by atoms with Gasteiger partial charge in [0, 0.05) is 25.2 Å². The van der Waals surface area contributed by atoms with E-state index in [1.54, 1.807) is 0 Å². The lowest BCUT2D eigenvalue weighted by atomic mass is 10.0. The Bertz CT molecular complexity index is 796. The summed E-state index contributed by atoms with van der Waals surface area (Å²) in [6, 6.07) is 2.23. The number of piperidine rings is 1. The molecule has 0 spiro atoms. The van der Waals surface area contributed by atoms with E-state index >= 15 is 0 Å². The topological polar surface area (TPSA) is 67.4 Å². The first-order valence-electron chi connectivity index (χ1n) is 10.6. The number of hydrogen-bond acceptors (Lipinski definition) is 5. The van der Waals surface area contributed by atoms with Crippen molar-refractivity contribution in [3.05, 3.63) is 35.0 Å². The standard InChI is InChI=1S/C21H31N5O2/c1-16-13-17(2)28-20(16)21(27)25-11-7-19(8-12-25)26-15-18(22-23-26)14-24-9-5-3-4-6-10-24/h13,15,19H,3-12,14H2,1-2H3. The van der Waals surface area contributed by atoms with E-state index in [9.17, 15) is 4.79 Å². The molecular formula is C21H31N5O2. The maximum atomic E-state index is 12.7. The van der Waals surface area contributed by atoms with E-state index in [0.29, 0.717) is 11.8 Å². The molecule has 0 aliphatic carbocycles. The van der Waals surface area contributed by atoms with Crippen LogP contribution < -0.4 is 0 Å². The minimum absolute atomic E-state index is 0.00416. The van der Waals surface area contributed by atoms with Gasteiger partial charge in [0.2, 0.25) is 0 Å². The molecule has 2 aromatic heterocycles. The third kappa shape index (κ3) is 4.29. The second-order valence-electron chi connectivity index (χ2n) is 8.27. The maximum Gasteiger partial charge on any atom is 0.289 e. The van der Waals surface area contributed by atoms with Crippen LogP contribution in [-0.4, -0.2) is 56.9 Å². The van der Waals surface area contributed by atoms with Crippen molar-refractivity contribution in [1.82, 2.24) is 24.8 Å². The number of aryl methyl sites for hydroxylation is 2. The van der Waals surface area contributed by atoms with Crippen molar-refractivity contribution >= 4 is 5.91 Å². The minimum atomic E-state index is 0.00416. The quantitative estimate of drug-likeness (QED) is 0.807. The van der Waals surface area contributed by atoms with E-state index in [1.807, 2.05) is 29.5 Å². The second-order valence-corrected chi connectivity index (χ2v) is 8.27. The summed E-state index contributed by atoms with van der Waals surface area (Å²) in [6.45, 7) is 8.49. The van der Waals surface area contributed by atoms with Gasteiger partial charge in [-0.25, -0.2) is 4.68 Å². The molecule has 152 valence electrons. The van der Waals surface area contributed by atoms with Crippen LogP contribution in [-0.2, 0) is 6.54 Å². The summed E-state index contributed by atoms with van der Waals surface area (Å²) in [5.74, 6) is 1.27. The van der Waals surface area contributed by atoms with Crippen LogP contribution in [0, 0.1) is 13.8 Å². The van der Waals surface area contributed by atoms with Gasteiger partial charge in [0.25, 0.3) is 5.91 Å². The molecule has 0 bridgehead atoms. The largest absolute Gasteiger partial charge is 0.456 e. The normalized spacial score (nSPS) is 19.7. The number of hydrogen-bond donors (Lipinski definition) is 0. The fraction of sp³-hybridized carbons (Fsp3) is 0.667. The van der Waals surface area contributed by atoms with Gasteiger partial charge in [-0.2, -0.15) is 0 Å². The zero-order valence-corrected chi connectivity index (χ0v) is 17.1. The number of furan rings is 1. The molecule has 4 rings (SSSR count). The number of nitrogens with zero attached hydrogens (tertiary/aromatic N) is 5. The number of carbonyl (C=O) groups is 1. The maximum absolute atomic E-state index is 12.7. The van der Waals surface area contributed by atoms with Gasteiger partial charge in [0.1, 0.15) is 5.76 Å². The Morgan fingerprint density at radius 2 is 1.82 bits per heavy atom. The Hall–Kier alpha value is -2.15. The predicted octanol–water partition coefficient (Wildman–Crippen LogP) is 3.34. The summed E-state index contributed by atoms with van der Waals surface area (Å²) in [5, 5.41) is 8.80. The van der Waals surface area contributed by atoms with Crippen LogP contribution in [0.1, 0.15) is 72.1 Å². The van der Waals surface area contributed by atoms with Gasteiger partial charge < -0.3 is 9.32 Å². The number of likely N-dealkylation sites (tertiary alicyclic amines) is 2. The van der Waals surface area contributed by atoms with Crippen molar-refractivity contribution in [2.24, 2.45) is 0 Å². The Labute approximate surface area is 166 Å². The van der Waals surface area contributed by atoms with Crippen molar-refractivity contribution in [2.45, 2.75) is 65.0 Å². The summed E-state index contributed by atoms with van der Waals surface area (Å²) in [7, 11) is 0. The van der Waals surface area contributed by atoms with Crippen LogP contribution in [0.3, 0.4) is 0 Å². The Kier molecular flexibility index (Phi) is 5.80. The first kappa shape index (κ1) is 19.2. The van der Waals surface area contributed by atoms with Gasteiger partial charge >= 0.3 is 0 Å². The molecule has 0 N–H and O–H groups in total. The molecule has 2 fully saturated rings. The number of amides is 1. The number of carbonyl (C=O) groups excluding carboxylic acids is 1. The molecule has 0 saturated carbocycles. The highest BCUT2D eigenvalue weighted by molar-refractivity contribution is 5.93. The van der Waals surface area contributed by atoms with E-state index in [-0.39, 0.29) is 5.91 Å². The summed E-state index contributed by atoms with van der Waals surface area (Å²) in [4.78, 5) is 17.1. The van der Waals surface area contributed by atoms with Gasteiger partial charge in [-0.1, -0.05) is 18.1 Å². The van der Waals surface area contributed by atoms with E-state index < -0.39 is 0 Å². The van der Waals surface area contributed by atoms with Crippen LogP contribution in [0.15, 0.2) is 16.7 Å². The molecule has 0 unspecified atom stereocenters. The van der Waals surface area contributed by atoms with Gasteiger partial charge in [0.05, 0.1) is 17.9 Å². The molecule has 4 heterocycles. The summed E-state index contributed by atoms with van der Waals surface area (Å²) in [6.07, 6.45) is 9.17. The van der Waals surface area contributed by atoms with Crippen molar-refractivity contribution in [2.75, 3.05) is 26.2 Å². The van der Waals surface area contributed by atoms with Gasteiger partial charge in [-0.15, -0.1) is 5.10 Å². The van der Waals surface area contributed by atoms with E-state index in [1.165, 1.54) is 38.8 Å². The fourth-order valence-corrected chi connectivity index (χ4v) is 4.42. The summed E-state index contributed by atoms with van der Waals surface area (Å²) >= 11 is 0. The molecule has 0 aromatic carbocycles. The van der Waals surface area contributed by atoms with E-state index in [2.05, 4.69) is 21.4 Å². The zero-order valence-electron chi connectivity index (χ0n) is 17.1. The molecule has 0 atom stereocenters. The molecule has 2 aliphatic rings. The summed E-state index contributed by atoms with van der Waals surface area (Å²) in [5.41, 5.74) is 1.97. The van der Waals surface area contributed by atoms with E-state index in [4.69, 9.17) is 4.42 Å². The van der Waals surface area contributed by atoms with Crippen molar-refractivity contribution in [3.63, 3.8) is 0 Å². The predicted molar refractivity (Wildman–Crippen MR) is 106 cm³/mol. The van der Waals surface area contributed by atoms with Crippen LogP contribution in [0.4, 0.5) is 0 Å². The average molecular weight is 386 g/mol. The van der Waals surface area contributed by atoms with Crippen molar-refractivity contribution < 1.29 is 9.21 Å². The molecule has 2 saturated heterocycles. The number of aromatic nitrogens is 3. The molecule has 0 radical (unpaired) electrons. The lowest BCUT2D eigenvalue weighted by Gasteiger charge is -2.31. The van der Waals surface area contributed by atoms with Gasteiger partial charge in [-0.05, 0) is 58.7 Å². The minimum Gasteiger partial charge on any atom is -0.456 e. The lowest BCUT2D eigenvalue weighted by Crippen LogP contribution is -2.39. The molecular weight excluding hydrogens is 354 g/mol. The van der Waals surface area contributed by atoms with Crippen LogP contribution in [0.25, 0.3) is 0 Å². The molecule has 2 aromatic rings. The highest BCUT2D eigenvalue weighted by atomic mass is 16.4. The highest BCUT2D eigenvalue weighted by Crippen LogP contribution is 2.25. The smallest absolute Gasteiger partial charge is 0.289 e. The number of rotatable bonds is 4. The first-order chi connectivity index (χ1) is 13.6. The van der Waals surface area contributed by atoms with Gasteiger partial charge in [0.15, 0.2) is 5.76 Å². The fourth-order valence-electron chi connectivity index (χ4n) is 4.42. The van der Waals surface area contributed by atoms with Crippen molar-refractivity contribution in [1.29, 1.82) is 0 Å². The van der Waals surface area contributed by atoms with E-state index in [0.717, 1.165) is 49.5 Å². The third-order valence-corrected chi connectivity index (χ3v) is 6.00. The lowest BCUT2D eigenvalue weighted by molar-refractivity contribution is 0.0655. The SMILES string of the molecule is Cc1cc(C)c(C(=O)N2CCC(n3cc(CN4CCCCCC4)nn3)CC2)o1. The van der Waals surface area contributed by atoms with Crippen LogP contribution in [0.2, 0.25) is 0 Å². The average Bonchev–Trinajstić information content (AvgIpc) is 3.19. The van der Waals surface area contributed by atoms with Crippen LogP contribution in [0.5, 0.6) is 0 Å².